The van der Waals surface area contributed by atoms with Gasteiger partial charge in [0.15, 0.2) is 0 Å². The molecule has 0 radical (unpaired) electrons. The minimum atomic E-state index is 0.565. The van der Waals surface area contributed by atoms with Gasteiger partial charge in [0.25, 0.3) is 0 Å². The van der Waals surface area contributed by atoms with E-state index in [0.717, 1.165) is 0 Å². The van der Waals surface area contributed by atoms with Gasteiger partial charge in [-0.3, -0.25) is 4.99 Å². The molecule has 50 valence electrons. The second kappa shape index (κ2) is 5.38. The second-order valence-electron chi connectivity index (χ2n) is 1.29. The first-order chi connectivity index (χ1) is 4.31. The topological polar surface area (TPSA) is 24.4 Å². The molecular formula is C6H9ClN2. The first kappa shape index (κ1) is 8.24. The Morgan fingerprint density at radius 2 is 2.44 bits per heavy atom. The Morgan fingerprint density at radius 1 is 1.78 bits per heavy atom. The molecule has 0 atom stereocenters. The molecule has 1 N–H and O–H groups in total. The van der Waals surface area contributed by atoms with E-state index >= 15 is 0 Å². The monoisotopic (exact) mass is 144 g/mol. The van der Waals surface area contributed by atoms with Crippen molar-refractivity contribution in [2.45, 2.75) is 0 Å². The Balaban J connectivity index is 3.56. The number of allylic oxidation sites excluding steroid dienone is 2. The molecule has 0 amide bonds. The predicted molar refractivity (Wildman–Crippen MR) is 41.7 cm³/mol. The van der Waals surface area contributed by atoms with Crippen LogP contribution in [0, 0.1) is 0 Å². The number of halogens is 1. The van der Waals surface area contributed by atoms with E-state index in [1.54, 1.807) is 13.2 Å². The summed E-state index contributed by atoms with van der Waals surface area (Å²) in [5, 5.41) is 3.29. The van der Waals surface area contributed by atoms with E-state index < -0.39 is 0 Å². The summed E-state index contributed by atoms with van der Waals surface area (Å²) in [6, 6.07) is 0. The van der Waals surface area contributed by atoms with Crippen molar-refractivity contribution in [1.29, 1.82) is 0 Å². The van der Waals surface area contributed by atoms with E-state index in [1.165, 1.54) is 12.4 Å². The minimum absolute atomic E-state index is 0.565. The third-order valence-corrected chi connectivity index (χ3v) is 0.883. The van der Waals surface area contributed by atoms with E-state index in [9.17, 15) is 0 Å². The first-order valence-corrected chi connectivity index (χ1v) is 2.84. The lowest BCUT2D eigenvalue weighted by Gasteiger charge is -1.87. The van der Waals surface area contributed by atoms with Crippen molar-refractivity contribution >= 4 is 17.9 Å². The van der Waals surface area contributed by atoms with Crippen molar-refractivity contribution in [1.82, 2.24) is 5.32 Å². The fourth-order valence-electron chi connectivity index (χ4n) is 0.250. The number of nitrogens with zero attached hydrogens (tertiary/aromatic N) is 1. The summed E-state index contributed by atoms with van der Waals surface area (Å²) >= 11 is 5.52. The third kappa shape index (κ3) is 5.11. The largest absolute Gasteiger partial charge is 0.352 e. The predicted octanol–water partition coefficient (Wildman–Crippen LogP) is 1.50. The fourth-order valence-corrected chi connectivity index (χ4v) is 0.313. The summed E-state index contributed by atoms with van der Waals surface area (Å²) < 4.78 is 0. The number of nitrogens with one attached hydrogen (secondary N) is 1. The first-order valence-electron chi connectivity index (χ1n) is 2.46. The SMILES string of the molecule is C=C/C(Cl)=C\N/C=N/C. The Kier molecular flexibility index (Phi) is 4.92. The average molecular weight is 145 g/mol. The van der Waals surface area contributed by atoms with Gasteiger partial charge in [-0.05, 0) is 6.08 Å². The van der Waals surface area contributed by atoms with Gasteiger partial charge in [-0.1, -0.05) is 18.2 Å². The molecule has 0 unspecified atom stereocenters. The van der Waals surface area contributed by atoms with E-state index in [2.05, 4.69) is 16.9 Å². The summed E-state index contributed by atoms with van der Waals surface area (Å²) in [5.41, 5.74) is 0. The Morgan fingerprint density at radius 3 is 2.89 bits per heavy atom. The fraction of sp³-hybridized carbons (Fsp3) is 0.167. The van der Waals surface area contributed by atoms with E-state index in [4.69, 9.17) is 11.6 Å². The quantitative estimate of drug-likeness (QED) is 0.362. The zero-order valence-electron chi connectivity index (χ0n) is 5.26. The van der Waals surface area contributed by atoms with Crippen LogP contribution in [0.5, 0.6) is 0 Å². The Labute approximate surface area is 59.9 Å². The molecule has 0 spiro atoms. The van der Waals surface area contributed by atoms with Crippen LogP contribution in [0.25, 0.3) is 0 Å². The minimum Gasteiger partial charge on any atom is -0.352 e. The average Bonchev–Trinajstić information content (AvgIpc) is 1.89. The standard InChI is InChI=1S/C6H9ClN2/c1-3-6(7)4-9-5-8-2/h3-5H,1H2,2H3,(H,8,9)/b6-4+. The molecule has 0 aliphatic heterocycles. The Bertz CT molecular complexity index is 138. The van der Waals surface area contributed by atoms with E-state index in [0.29, 0.717) is 5.03 Å². The van der Waals surface area contributed by atoms with Gasteiger partial charge in [0, 0.05) is 13.2 Å². The van der Waals surface area contributed by atoms with Crippen LogP contribution in [0.2, 0.25) is 0 Å². The summed E-state index contributed by atoms with van der Waals surface area (Å²) in [4.78, 5) is 3.67. The molecule has 0 saturated heterocycles. The number of aliphatic imine (C=N–C) groups is 1. The molecule has 3 heteroatoms. The second-order valence-corrected chi connectivity index (χ2v) is 1.72. The molecule has 2 nitrogen and oxygen atoms in total. The third-order valence-electron chi connectivity index (χ3n) is 0.620. The molecule has 0 aromatic heterocycles. The van der Waals surface area contributed by atoms with Crippen molar-refractivity contribution in [3.8, 4) is 0 Å². The van der Waals surface area contributed by atoms with E-state index in [1.807, 2.05) is 0 Å². The van der Waals surface area contributed by atoms with Crippen LogP contribution in [0.1, 0.15) is 0 Å². The van der Waals surface area contributed by atoms with Crippen LogP contribution in [-0.2, 0) is 0 Å². The number of hydrogen-bond donors (Lipinski definition) is 1. The summed E-state index contributed by atoms with van der Waals surface area (Å²) in [6.45, 7) is 3.45. The summed E-state index contributed by atoms with van der Waals surface area (Å²) in [6.07, 6.45) is 4.67. The van der Waals surface area contributed by atoms with Crippen molar-refractivity contribution in [2.24, 2.45) is 4.99 Å². The molecule has 0 rings (SSSR count). The van der Waals surface area contributed by atoms with Gasteiger partial charge in [0.1, 0.15) is 0 Å². The van der Waals surface area contributed by atoms with Gasteiger partial charge in [0.2, 0.25) is 0 Å². The van der Waals surface area contributed by atoms with Crippen LogP contribution >= 0.6 is 11.6 Å². The lowest BCUT2D eigenvalue weighted by molar-refractivity contribution is 1.28. The smallest absolute Gasteiger partial charge is 0.0860 e. The van der Waals surface area contributed by atoms with Crippen LogP contribution in [0.15, 0.2) is 28.9 Å². The number of rotatable bonds is 3. The lowest BCUT2D eigenvalue weighted by atomic mass is 10.6. The zero-order chi connectivity index (χ0) is 7.11. The van der Waals surface area contributed by atoms with E-state index in [-0.39, 0.29) is 0 Å². The highest BCUT2D eigenvalue weighted by Crippen LogP contribution is 1.97. The summed E-state index contributed by atoms with van der Waals surface area (Å²) in [5.74, 6) is 0. The van der Waals surface area contributed by atoms with Crippen LogP contribution in [0.3, 0.4) is 0 Å². The van der Waals surface area contributed by atoms with Gasteiger partial charge in [-0.2, -0.15) is 0 Å². The highest BCUT2D eigenvalue weighted by molar-refractivity contribution is 6.31. The molecule has 0 aromatic rings. The molecule has 0 aromatic carbocycles. The molecule has 0 aliphatic carbocycles. The molecule has 0 saturated carbocycles. The normalized spacial score (nSPS) is 12.0. The maximum atomic E-state index is 5.52. The molecule has 0 heterocycles. The molecular weight excluding hydrogens is 136 g/mol. The highest BCUT2D eigenvalue weighted by atomic mass is 35.5. The zero-order valence-corrected chi connectivity index (χ0v) is 6.02. The highest BCUT2D eigenvalue weighted by Gasteiger charge is 1.76. The van der Waals surface area contributed by atoms with Crippen molar-refractivity contribution in [3.63, 3.8) is 0 Å². The molecule has 0 bridgehead atoms. The molecule has 0 aliphatic rings. The summed E-state index contributed by atoms with van der Waals surface area (Å²) in [7, 11) is 1.67. The molecule has 0 fully saturated rings. The van der Waals surface area contributed by atoms with Crippen LogP contribution in [-0.4, -0.2) is 13.4 Å². The molecule has 9 heavy (non-hydrogen) atoms. The van der Waals surface area contributed by atoms with Crippen molar-refractivity contribution < 1.29 is 0 Å². The van der Waals surface area contributed by atoms with Gasteiger partial charge in [-0.25, -0.2) is 0 Å². The van der Waals surface area contributed by atoms with Gasteiger partial charge in [0.05, 0.1) is 11.4 Å². The van der Waals surface area contributed by atoms with Gasteiger partial charge < -0.3 is 5.32 Å². The van der Waals surface area contributed by atoms with Crippen LogP contribution < -0.4 is 5.32 Å². The van der Waals surface area contributed by atoms with Crippen molar-refractivity contribution in [3.05, 3.63) is 23.9 Å². The van der Waals surface area contributed by atoms with Gasteiger partial charge >= 0.3 is 0 Å². The maximum absolute atomic E-state index is 5.52. The van der Waals surface area contributed by atoms with Crippen LogP contribution in [0.4, 0.5) is 0 Å². The lowest BCUT2D eigenvalue weighted by Crippen LogP contribution is -1.99. The van der Waals surface area contributed by atoms with Gasteiger partial charge in [-0.15, -0.1) is 0 Å². The maximum Gasteiger partial charge on any atom is 0.0860 e. The number of hydrogen-bond acceptors (Lipinski definition) is 1. The van der Waals surface area contributed by atoms with Crippen molar-refractivity contribution in [2.75, 3.05) is 7.05 Å². The Hall–Kier alpha value is -0.760.